The lowest BCUT2D eigenvalue weighted by molar-refractivity contribution is 0.323. The molecule has 0 aromatic heterocycles. The molecule has 2 aromatic carbocycles. The van der Waals surface area contributed by atoms with Crippen molar-refractivity contribution in [1.82, 2.24) is 5.32 Å². The van der Waals surface area contributed by atoms with E-state index >= 15 is 0 Å². The minimum atomic E-state index is -3.65. The number of nitrogens with one attached hydrogen (secondary N) is 1. The number of ether oxygens (including phenoxy) is 3. The number of sulfonamides is 1. The molecule has 0 aliphatic heterocycles. The molecule has 0 saturated carbocycles. The van der Waals surface area contributed by atoms with Crippen molar-refractivity contribution in [3.63, 3.8) is 0 Å². The summed E-state index contributed by atoms with van der Waals surface area (Å²) in [6.07, 6.45) is 0.759. The second-order valence-corrected chi connectivity index (χ2v) is 7.21. The molecule has 3 N–H and O–H groups in total. The van der Waals surface area contributed by atoms with Crippen LogP contribution in [0.25, 0.3) is 0 Å². The van der Waals surface area contributed by atoms with Crippen molar-refractivity contribution in [2.75, 3.05) is 27.9 Å². The van der Waals surface area contributed by atoms with Crippen LogP contribution in [-0.2, 0) is 23.0 Å². The maximum Gasteiger partial charge on any atom is 0.238 e. The lowest BCUT2D eigenvalue weighted by Gasteiger charge is -2.14. The van der Waals surface area contributed by atoms with Gasteiger partial charge >= 0.3 is 0 Å². The van der Waals surface area contributed by atoms with E-state index in [1.54, 1.807) is 33.5 Å². The highest BCUT2D eigenvalue weighted by Crippen LogP contribution is 2.38. The smallest absolute Gasteiger partial charge is 0.238 e. The quantitative estimate of drug-likeness (QED) is 0.607. The van der Waals surface area contributed by atoms with E-state index in [0.29, 0.717) is 23.8 Å². The van der Waals surface area contributed by atoms with Gasteiger partial charge in [0.25, 0.3) is 0 Å². The zero-order valence-electron chi connectivity index (χ0n) is 15.5. The summed E-state index contributed by atoms with van der Waals surface area (Å²) in [7, 11) is 1.09. The van der Waals surface area contributed by atoms with Crippen LogP contribution in [-0.4, -0.2) is 36.3 Å². The largest absolute Gasteiger partial charge is 0.493 e. The van der Waals surface area contributed by atoms with Gasteiger partial charge in [-0.05, 0) is 48.4 Å². The number of rotatable bonds is 9. The molecule has 0 spiro atoms. The maximum absolute atomic E-state index is 11.2. The molecule has 0 saturated heterocycles. The summed E-state index contributed by atoms with van der Waals surface area (Å²) in [6, 6.07) is 10.4. The molecule has 0 bridgehead atoms. The lowest BCUT2D eigenvalue weighted by atomic mass is 10.1. The van der Waals surface area contributed by atoms with Gasteiger partial charge in [0.05, 0.1) is 26.2 Å². The molecular weight excluding hydrogens is 392 g/mol. The summed E-state index contributed by atoms with van der Waals surface area (Å²) in [5.74, 6) is 1.79. The molecule has 2 rings (SSSR count). The van der Waals surface area contributed by atoms with Crippen LogP contribution in [0, 0.1) is 0 Å². The van der Waals surface area contributed by atoms with E-state index in [-0.39, 0.29) is 17.3 Å². The van der Waals surface area contributed by atoms with Crippen LogP contribution in [0.5, 0.6) is 17.2 Å². The van der Waals surface area contributed by atoms with Crippen LogP contribution in [0.1, 0.15) is 11.1 Å². The first kappa shape index (κ1) is 23.0. The number of benzene rings is 2. The van der Waals surface area contributed by atoms with Crippen LogP contribution in [0.4, 0.5) is 0 Å². The predicted molar refractivity (Wildman–Crippen MR) is 107 cm³/mol. The normalized spacial score (nSPS) is 10.8. The number of nitrogens with two attached hydrogens (primary N) is 1. The van der Waals surface area contributed by atoms with E-state index in [2.05, 4.69) is 5.32 Å². The topological polar surface area (TPSA) is 99.9 Å². The summed E-state index contributed by atoms with van der Waals surface area (Å²) in [4.78, 5) is 0.117. The SMILES string of the molecule is COc1cc(CNCCc2ccc(S(N)(=O)=O)cc2)cc(OC)c1OC.Cl. The Hall–Kier alpha value is -2.00. The highest BCUT2D eigenvalue weighted by molar-refractivity contribution is 7.89. The van der Waals surface area contributed by atoms with Crippen molar-refractivity contribution < 1.29 is 22.6 Å². The first-order valence-electron chi connectivity index (χ1n) is 8.00. The Morgan fingerprint density at radius 2 is 1.48 bits per heavy atom. The third kappa shape index (κ3) is 6.28. The van der Waals surface area contributed by atoms with Crippen molar-refractivity contribution in [2.24, 2.45) is 5.14 Å². The van der Waals surface area contributed by atoms with E-state index < -0.39 is 10.0 Å². The molecule has 7 nitrogen and oxygen atoms in total. The minimum Gasteiger partial charge on any atom is -0.493 e. The zero-order chi connectivity index (χ0) is 19.2. The molecule has 9 heteroatoms. The fourth-order valence-corrected chi connectivity index (χ4v) is 3.06. The first-order valence-corrected chi connectivity index (χ1v) is 9.55. The predicted octanol–water partition coefficient (Wildman–Crippen LogP) is 2.11. The van der Waals surface area contributed by atoms with Crippen molar-refractivity contribution >= 4 is 22.4 Å². The van der Waals surface area contributed by atoms with Gasteiger partial charge in [-0.3, -0.25) is 0 Å². The van der Waals surface area contributed by atoms with E-state index in [9.17, 15) is 8.42 Å². The Labute approximate surface area is 166 Å². The number of hydrogen-bond acceptors (Lipinski definition) is 6. The average Bonchev–Trinajstić information content (AvgIpc) is 2.63. The molecular formula is C18H25ClN2O5S. The van der Waals surface area contributed by atoms with Crippen molar-refractivity contribution in [3.8, 4) is 17.2 Å². The fourth-order valence-electron chi connectivity index (χ4n) is 2.55. The molecule has 0 heterocycles. The van der Waals surface area contributed by atoms with Gasteiger partial charge in [-0.15, -0.1) is 12.4 Å². The van der Waals surface area contributed by atoms with E-state index in [0.717, 1.165) is 24.1 Å². The van der Waals surface area contributed by atoms with Gasteiger partial charge in [0.15, 0.2) is 11.5 Å². The second-order valence-electron chi connectivity index (χ2n) is 5.65. The highest BCUT2D eigenvalue weighted by Gasteiger charge is 2.13. The molecule has 150 valence electrons. The monoisotopic (exact) mass is 416 g/mol. The van der Waals surface area contributed by atoms with E-state index in [1.807, 2.05) is 12.1 Å². The lowest BCUT2D eigenvalue weighted by Crippen LogP contribution is -2.17. The second kappa shape index (κ2) is 10.4. The van der Waals surface area contributed by atoms with Crippen LogP contribution in [0.3, 0.4) is 0 Å². The van der Waals surface area contributed by atoms with Crippen molar-refractivity contribution in [2.45, 2.75) is 17.9 Å². The summed E-state index contributed by atoms with van der Waals surface area (Å²) >= 11 is 0. The van der Waals surface area contributed by atoms with Crippen LogP contribution in [0.15, 0.2) is 41.3 Å². The van der Waals surface area contributed by atoms with Gasteiger partial charge in [-0.1, -0.05) is 12.1 Å². The highest BCUT2D eigenvalue weighted by atomic mass is 35.5. The Morgan fingerprint density at radius 3 is 1.93 bits per heavy atom. The van der Waals surface area contributed by atoms with E-state index in [1.165, 1.54) is 12.1 Å². The van der Waals surface area contributed by atoms with E-state index in [4.69, 9.17) is 19.3 Å². The van der Waals surface area contributed by atoms with Crippen LogP contribution < -0.4 is 24.7 Å². The first-order chi connectivity index (χ1) is 12.4. The third-order valence-electron chi connectivity index (χ3n) is 3.90. The maximum atomic E-state index is 11.2. The number of hydrogen-bond donors (Lipinski definition) is 2. The van der Waals surface area contributed by atoms with Gasteiger partial charge in [0.2, 0.25) is 15.8 Å². The van der Waals surface area contributed by atoms with Gasteiger partial charge in [-0.2, -0.15) is 0 Å². The summed E-state index contributed by atoms with van der Waals surface area (Å²) < 4.78 is 38.5. The Kier molecular flexibility index (Phi) is 8.84. The minimum absolute atomic E-state index is 0. The fraction of sp³-hybridized carbons (Fsp3) is 0.333. The molecule has 0 fully saturated rings. The third-order valence-corrected chi connectivity index (χ3v) is 4.83. The van der Waals surface area contributed by atoms with Gasteiger partial charge < -0.3 is 19.5 Å². The standard InChI is InChI=1S/C18H24N2O5S.ClH/c1-23-16-10-14(11-17(24-2)18(16)25-3)12-20-9-8-13-4-6-15(7-5-13)26(19,21)22;/h4-7,10-11,20H,8-9,12H2,1-3H3,(H2,19,21,22);1H. The van der Waals surface area contributed by atoms with Gasteiger partial charge in [0.1, 0.15) is 0 Å². The number of primary sulfonamides is 1. The van der Waals surface area contributed by atoms with Crippen LogP contribution >= 0.6 is 12.4 Å². The molecule has 2 aromatic rings. The van der Waals surface area contributed by atoms with Gasteiger partial charge in [0, 0.05) is 6.54 Å². The molecule has 0 aliphatic carbocycles. The molecule has 0 radical (unpaired) electrons. The molecule has 0 unspecified atom stereocenters. The molecule has 0 aliphatic rings. The summed E-state index contributed by atoms with van der Waals surface area (Å²) in [5.41, 5.74) is 2.03. The Balaban J connectivity index is 0.00000364. The summed E-state index contributed by atoms with van der Waals surface area (Å²) in [5, 5.41) is 8.43. The average molecular weight is 417 g/mol. The van der Waals surface area contributed by atoms with Crippen LogP contribution in [0.2, 0.25) is 0 Å². The number of methoxy groups -OCH3 is 3. The zero-order valence-corrected chi connectivity index (χ0v) is 17.2. The molecule has 27 heavy (non-hydrogen) atoms. The van der Waals surface area contributed by atoms with Gasteiger partial charge in [-0.25, -0.2) is 13.6 Å². The number of halogens is 1. The van der Waals surface area contributed by atoms with Crippen molar-refractivity contribution in [1.29, 1.82) is 0 Å². The molecule has 0 atom stereocenters. The molecule has 0 amide bonds. The van der Waals surface area contributed by atoms with Crippen molar-refractivity contribution in [3.05, 3.63) is 47.5 Å². The Bertz CT molecular complexity index is 816. The Morgan fingerprint density at radius 1 is 0.926 bits per heavy atom. The summed E-state index contributed by atoms with van der Waals surface area (Å²) in [6.45, 7) is 1.36.